The van der Waals surface area contributed by atoms with Crippen LogP contribution in [0.3, 0.4) is 0 Å². The van der Waals surface area contributed by atoms with Crippen LogP contribution in [0.1, 0.15) is 37.0 Å². The van der Waals surface area contributed by atoms with Crippen LogP contribution in [0.4, 0.5) is 0 Å². The van der Waals surface area contributed by atoms with Gasteiger partial charge in [-0.3, -0.25) is 9.69 Å². The molecule has 3 N–H and O–H groups in total. The summed E-state index contributed by atoms with van der Waals surface area (Å²) in [4.78, 5) is 29.3. The van der Waals surface area contributed by atoms with Gasteiger partial charge in [-0.05, 0) is 31.0 Å². The first kappa shape index (κ1) is 32.4. The van der Waals surface area contributed by atoms with Crippen LogP contribution in [0.25, 0.3) is 0 Å². The summed E-state index contributed by atoms with van der Waals surface area (Å²) in [5, 5.41) is 37.3. The molecule has 254 valence electrons. The van der Waals surface area contributed by atoms with E-state index in [1.54, 1.807) is 51.7 Å². The van der Waals surface area contributed by atoms with Crippen molar-refractivity contribution >= 4 is 11.9 Å². The van der Waals surface area contributed by atoms with Crippen molar-refractivity contribution in [3.8, 4) is 0 Å². The third-order valence-electron chi connectivity index (χ3n) is 13.2. The maximum Gasteiger partial charge on any atom is 0.338 e. The van der Waals surface area contributed by atoms with Crippen LogP contribution in [0.2, 0.25) is 0 Å². The fourth-order valence-electron chi connectivity index (χ4n) is 12.3. The molecule has 7 rings (SSSR count). The molecule has 0 amide bonds. The van der Waals surface area contributed by atoms with Crippen molar-refractivity contribution in [1.82, 2.24) is 4.90 Å². The zero-order chi connectivity index (χ0) is 33.0. The Morgan fingerprint density at radius 3 is 2.30 bits per heavy atom. The zero-order valence-corrected chi connectivity index (χ0v) is 27.3. The van der Waals surface area contributed by atoms with E-state index in [0.29, 0.717) is 25.1 Å². The summed E-state index contributed by atoms with van der Waals surface area (Å²) in [7, 11) is 6.27. The fraction of sp³-hybridized carbons (Fsp3) is 0.765. The van der Waals surface area contributed by atoms with E-state index in [1.807, 2.05) is 6.92 Å². The third kappa shape index (κ3) is 3.62. The Morgan fingerprint density at radius 1 is 1.00 bits per heavy atom. The normalized spacial score (nSPS) is 49.9. The van der Waals surface area contributed by atoms with Gasteiger partial charge in [0.05, 0.1) is 30.5 Å². The van der Waals surface area contributed by atoms with E-state index in [9.17, 15) is 24.9 Å². The molecule has 1 spiro atoms. The number of benzene rings is 1. The van der Waals surface area contributed by atoms with Crippen LogP contribution in [0.5, 0.6) is 0 Å². The third-order valence-corrected chi connectivity index (χ3v) is 13.2. The Bertz CT molecular complexity index is 1360. The molecular formula is C34H47NO11. The van der Waals surface area contributed by atoms with Crippen molar-refractivity contribution in [3.05, 3.63) is 35.9 Å². The standard InChI is InChI=1S/C34H47NO11/c1-7-35-15-31(16-41-3)20(37)13-21(42-4)33-19-14-32(40)28(45-30(39)18-11-9-8-10-12-18)22(19)34(46-17(2)36,27(38)29(32)44-6)23(26(33)35)24(43-5)25(31)33/h8-12,19-29,37-38,40H,7,13-16H2,1-6H3/t19?,20-,21+,22-,23+,24-,25-,26-,27-,28+,29+,31+,32-,33+,34-/m1/s1. The molecule has 6 fully saturated rings. The highest BCUT2D eigenvalue weighted by Gasteiger charge is 2.92. The van der Waals surface area contributed by atoms with E-state index in [2.05, 4.69) is 4.90 Å². The van der Waals surface area contributed by atoms with Gasteiger partial charge in [0.25, 0.3) is 0 Å². The number of nitrogens with zero attached hydrogens (tertiary/aromatic N) is 1. The maximum absolute atomic E-state index is 13.8. The van der Waals surface area contributed by atoms with E-state index < -0.39 is 88.3 Å². The number of ether oxygens (including phenoxy) is 6. The number of carbonyl (C=O) groups excluding carboxylic acids is 2. The molecule has 1 saturated heterocycles. The van der Waals surface area contributed by atoms with Gasteiger partial charge in [-0.15, -0.1) is 0 Å². The first-order valence-electron chi connectivity index (χ1n) is 16.3. The number of aliphatic hydroxyl groups is 3. The van der Waals surface area contributed by atoms with Crippen molar-refractivity contribution in [2.24, 2.45) is 34.5 Å². The van der Waals surface area contributed by atoms with Crippen molar-refractivity contribution in [2.75, 3.05) is 48.1 Å². The molecule has 5 aliphatic carbocycles. The summed E-state index contributed by atoms with van der Waals surface area (Å²) in [5.74, 6) is -3.65. The summed E-state index contributed by atoms with van der Waals surface area (Å²) < 4.78 is 37.4. The van der Waals surface area contributed by atoms with E-state index in [1.165, 1.54) is 14.0 Å². The minimum absolute atomic E-state index is 0.0791. The Kier molecular flexibility index (Phi) is 7.69. The zero-order valence-electron chi connectivity index (χ0n) is 27.3. The minimum atomic E-state index is -1.83. The molecule has 5 saturated carbocycles. The molecule has 1 unspecified atom stereocenters. The molecule has 12 nitrogen and oxygen atoms in total. The van der Waals surface area contributed by atoms with Crippen molar-refractivity contribution in [1.29, 1.82) is 0 Å². The number of hydrogen-bond donors (Lipinski definition) is 3. The predicted molar refractivity (Wildman–Crippen MR) is 160 cm³/mol. The van der Waals surface area contributed by atoms with Crippen LogP contribution in [0, 0.1) is 34.5 Å². The number of piperidine rings is 1. The van der Waals surface area contributed by atoms with Crippen molar-refractivity contribution in [2.45, 2.75) is 80.6 Å². The first-order valence-corrected chi connectivity index (χ1v) is 16.3. The van der Waals surface area contributed by atoms with Gasteiger partial charge in [0.1, 0.15) is 23.9 Å². The molecule has 0 radical (unpaired) electrons. The molecule has 1 aromatic rings. The van der Waals surface area contributed by atoms with Crippen molar-refractivity contribution in [3.63, 3.8) is 0 Å². The number of likely N-dealkylation sites (tertiary alicyclic amines) is 1. The van der Waals surface area contributed by atoms with Gasteiger partial charge >= 0.3 is 11.9 Å². The Hall–Kier alpha value is -2.16. The number of rotatable bonds is 9. The van der Waals surface area contributed by atoms with Crippen LogP contribution >= 0.6 is 0 Å². The molecule has 46 heavy (non-hydrogen) atoms. The van der Waals surface area contributed by atoms with Gasteiger partial charge in [0.15, 0.2) is 5.60 Å². The molecule has 12 heteroatoms. The molecule has 1 heterocycles. The summed E-state index contributed by atoms with van der Waals surface area (Å²) in [6.07, 6.45) is -5.49. The molecule has 7 bridgehead atoms. The van der Waals surface area contributed by atoms with Crippen LogP contribution in [-0.4, -0.2) is 134 Å². The van der Waals surface area contributed by atoms with E-state index in [-0.39, 0.29) is 25.0 Å². The maximum atomic E-state index is 13.8. The smallest absolute Gasteiger partial charge is 0.338 e. The van der Waals surface area contributed by atoms with Crippen LogP contribution < -0.4 is 0 Å². The molecule has 0 aromatic heterocycles. The monoisotopic (exact) mass is 645 g/mol. The summed E-state index contributed by atoms with van der Waals surface area (Å²) >= 11 is 0. The second kappa shape index (κ2) is 10.9. The topological polar surface area (TPSA) is 153 Å². The lowest BCUT2D eigenvalue weighted by Gasteiger charge is -2.70. The summed E-state index contributed by atoms with van der Waals surface area (Å²) in [6, 6.07) is 8.18. The molecule has 1 aliphatic heterocycles. The quantitative estimate of drug-likeness (QED) is 0.323. The molecule has 15 atom stereocenters. The predicted octanol–water partition coefficient (Wildman–Crippen LogP) is 0.648. The lowest BCUT2D eigenvalue weighted by atomic mass is 9.42. The minimum Gasteiger partial charge on any atom is -0.455 e. The average Bonchev–Trinajstić information content (AvgIpc) is 3.41. The number of carbonyl (C=O) groups is 2. The van der Waals surface area contributed by atoms with Crippen LogP contribution in [-0.2, 0) is 33.2 Å². The van der Waals surface area contributed by atoms with Gasteiger partial charge in [-0.25, -0.2) is 4.79 Å². The number of esters is 2. The Labute approximate surface area is 269 Å². The number of methoxy groups -OCH3 is 4. The number of aliphatic hydroxyl groups excluding tert-OH is 2. The molecule has 1 aromatic carbocycles. The second-order valence-electron chi connectivity index (χ2n) is 14.4. The first-order chi connectivity index (χ1) is 22.0. The lowest BCUT2D eigenvalue weighted by Crippen LogP contribution is -2.81. The lowest BCUT2D eigenvalue weighted by molar-refractivity contribution is -0.322. The number of fused-ring (bicyclic) bond motifs is 2. The average molecular weight is 646 g/mol. The second-order valence-corrected chi connectivity index (χ2v) is 14.4. The van der Waals surface area contributed by atoms with E-state index >= 15 is 0 Å². The highest BCUT2D eigenvalue weighted by atomic mass is 16.6. The van der Waals surface area contributed by atoms with E-state index in [4.69, 9.17) is 28.4 Å². The molecule has 6 aliphatic rings. The van der Waals surface area contributed by atoms with Crippen molar-refractivity contribution < 1.29 is 53.3 Å². The molecular weight excluding hydrogens is 598 g/mol. The number of hydrogen-bond acceptors (Lipinski definition) is 12. The summed E-state index contributed by atoms with van der Waals surface area (Å²) in [6.45, 7) is 4.68. The van der Waals surface area contributed by atoms with Gasteiger partial charge < -0.3 is 43.7 Å². The van der Waals surface area contributed by atoms with Gasteiger partial charge in [-0.1, -0.05) is 25.1 Å². The Morgan fingerprint density at radius 2 is 1.72 bits per heavy atom. The largest absolute Gasteiger partial charge is 0.455 e. The summed E-state index contributed by atoms with van der Waals surface area (Å²) in [5.41, 5.74) is -4.79. The van der Waals surface area contributed by atoms with Gasteiger partial charge in [0.2, 0.25) is 0 Å². The highest BCUT2D eigenvalue weighted by Crippen LogP contribution is 2.80. The van der Waals surface area contributed by atoms with Gasteiger partial charge in [-0.2, -0.15) is 0 Å². The fourth-order valence-corrected chi connectivity index (χ4v) is 12.3. The SMILES string of the molecule is CCN1C[C@]2(COC)[C@H](O)C[C@H](OC)[C@@]34C5C[C@]6(O)[C@@H](OC)[C@@H](O)[C@](OC(C)=O)([C@@H]([C@@H](OC)[C@H]23)[C@@H]14)[C@H]5[C@@H]6OC(=O)c1ccccc1. The van der Waals surface area contributed by atoms with Gasteiger partial charge in [0, 0.05) is 83.0 Å². The van der Waals surface area contributed by atoms with E-state index in [0.717, 1.165) is 0 Å². The Balaban J connectivity index is 1.53. The highest BCUT2D eigenvalue weighted by molar-refractivity contribution is 5.89. The van der Waals surface area contributed by atoms with Crippen LogP contribution in [0.15, 0.2) is 30.3 Å².